The van der Waals surface area contributed by atoms with E-state index in [2.05, 4.69) is 37.9 Å². The molecular weight excluding hydrogens is 236 g/mol. The number of carbonyl (C=O) groups excluding carboxylic acids is 1. The van der Waals surface area contributed by atoms with E-state index in [9.17, 15) is 4.79 Å². The lowest BCUT2D eigenvalue weighted by atomic mass is 10.0. The SMILES string of the molecule is CC(C)c1ccc(C(=O)N2CCCN(C)CC2)cc1. The number of carbonyl (C=O) groups is 1. The van der Waals surface area contributed by atoms with Crippen LogP contribution in [0.1, 0.15) is 42.1 Å². The molecule has 1 aromatic carbocycles. The maximum atomic E-state index is 12.4. The van der Waals surface area contributed by atoms with Gasteiger partial charge in [0.1, 0.15) is 0 Å². The molecule has 2 rings (SSSR count). The molecule has 0 spiro atoms. The minimum absolute atomic E-state index is 0.172. The van der Waals surface area contributed by atoms with Crippen LogP contribution in [-0.4, -0.2) is 48.9 Å². The summed E-state index contributed by atoms with van der Waals surface area (Å²) >= 11 is 0. The highest BCUT2D eigenvalue weighted by molar-refractivity contribution is 5.94. The summed E-state index contributed by atoms with van der Waals surface area (Å²) in [7, 11) is 2.12. The zero-order valence-corrected chi connectivity index (χ0v) is 12.2. The highest BCUT2D eigenvalue weighted by Crippen LogP contribution is 2.16. The van der Waals surface area contributed by atoms with Gasteiger partial charge in [0.25, 0.3) is 5.91 Å². The van der Waals surface area contributed by atoms with Crippen LogP contribution in [-0.2, 0) is 0 Å². The molecule has 3 nitrogen and oxygen atoms in total. The molecule has 1 aromatic rings. The fourth-order valence-electron chi connectivity index (χ4n) is 2.44. The molecule has 0 N–H and O–H groups in total. The monoisotopic (exact) mass is 260 g/mol. The van der Waals surface area contributed by atoms with Gasteiger partial charge in [-0.25, -0.2) is 0 Å². The van der Waals surface area contributed by atoms with Crippen LogP contribution in [0, 0.1) is 0 Å². The fraction of sp³-hybridized carbons (Fsp3) is 0.562. The van der Waals surface area contributed by atoms with Gasteiger partial charge in [-0.05, 0) is 43.6 Å². The van der Waals surface area contributed by atoms with Crippen molar-refractivity contribution in [3.05, 3.63) is 35.4 Å². The third-order valence-corrected chi connectivity index (χ3v) is 3.83. The van der Waals surface area contributed by atoms with Crippen LogP contribution in [0.5, 0.6) is 0 Å². The summed E-state index contributed by atoms with van der Waals surface area (Å²) in [5, 5.41) is 0. The molecule has 1 aliphatic rings. The van der Waals surface area contributed by atoms with Gasteiger partial charge in [0.05, 0.1) is 0 Å². The zero-order chi connectivity index (χ0) is 13.8. The second-order valence-corrected chi connectivity index (χ2v) is 5.73. The molecule has 3 heteroatoms. The van der Waals surface area contributed by atoms with Gasteiger partial charge in [0.2, 0.25) is 0 Å². The van der Waals surface area contributed by atoms with Crippen LogP contribution in [0.15, 0.2) is 24.3 Å². The number of benzene rings is 1. The third-order valence-electron chi connectivity index (χ3n) is 3.83. The molecule has 1 aliphatic heterocycles. The van der Waals surface area contributed by atoms with Crippen molar-refractivity contribution in [3.63, 3.8) is 0 Å². The lowest BCUT2D eigenvalue weighted by Gasteiger charge is -2.20. The molecular formula is C16H24N2O. The molecule has 0 unspecified atom stereocenters. The minimum Gasteiger partial charge on any atom is -0.337 e. The van der Waals surface area contributed by atoms with Gasteiger partial charge < -0.3 is 9.80 Å². The van der Waals surface area contributed by atoms with Crippen molar-refractivity contribution in [2.45, 2.75) is 26.2 Å². The first-order valence-corrected chi connectivity index (χ1v) is 7.15. The van der Waals surface area contributed by atoms with Gasteiger partial charge >= 0.3 is 0 Å². The maximum absolute atomic E-state index is 12.4. The second-order valence-electron chi connectivity index (χ2n) is 5.73. The van der Waals surface area contributed by atoms with Crippen LogP contribution in [0.4, 0.5) is 0 Å². The molecule has 0 bridgehead atoms. The summed E-state index contributed by atoms with van der Waals surface area (Å²) < 4.78 is 0. The Hall–Kier alpha value is -1.35. The van der Waals surface area contributed by atoms with Gasteiger partial charge in [-0.2, -0.15) is 0 Å². The number of amides is 1. The van der Waals surface area contributed by atoms with Crippen molar-refractivity contribution in [2.75, 3.05) is 33.2 Å². The standard InChI is InChI=1S/C16H24N2O/c1-13(2)14-5-7-15(8-6-14)16(19)18-10-4-9-17(3)11-12-18/h5-8,13H,4,9-12H2,1-3H3. The highest BCUT2D eigenvalue weighted by Gasteiger charge is 2.18. The van der Waals surface area contributed by atoms with Gasteiger partial charge in [-0.3, -0.25) is 4.79 Å². The summed E-state index contributed by atoms with van der Waals surface area (Å²) in [4.78, 5) is 16.7. The quantitative estimate of drug-likeness (QED) is 0.816. The van der Waals surface area contributed by atoms with Crippen molar-refractivity contribution >= 4 is 5.91 Å². The number of rotatable bonds is 2. The molecule has 0 saturated carbocycles. The molecule has 0 aromatic heterocycles. The molecule has 104 valence electrons. The summed E-state index contributed by atoms with van der Waals surface area (Å²) in [6.07, 6.45) is 1.06. The van der Waals surface area contributed by atoms with Crippen molar-refractivity contribution in [3.8, 4) is 0 Å². The van der Waals surface area contributed by atoms with Crippen molar-refractivity contribution in [2.24, 2.45) is 0 Å². The van der Waals surface area contributed by atoms with Crippen molar-refractivity contribution in [1.29, 1.82) is 0 Å². The van der Waals surface area contributed by atoms with Gasteiger partial charge in [-0.1, -0.05) is 26.0 Å². The van der Waals surface area contributed by atoms with E-state index in [1.807, 2.05) is 17.0 Å². The van der Waals surface area contributed by atoms with Crippen LogP contribution in [0.2, 0.25) is 0 Å². The van der Waals surface area contributed by atoms with Crippen LogP contribution < -0.4 is 0 Å². The van der Waals surface area contributed by atoms with Gasteiger partial charge in [0.15, 0.2) is 0 Å². The smallest absolute Gasteiger partial charge is 0.253 e. The summed E-state index contributed by atoms with van der Waals surface area (Å²) in [5.74, 6) is 0.682. The Morgan fingerprint density at radius 1 is 1.05 bits per heavy atom. The van der Waals surface area contributed by atoms with E-state index in [-0.39, 0.29) is 5.91 Å². The first kappa shape index (κ1) is 14.1. The Morgan fingerprint density at radius 2 is 1.74 bits per heavy atom. The van der Waals surface area contributed by atoms with Gasteiger partial charge in [0, 0.05) is 25.2 Å². The maximum Gasteiger partial charge on any atom is 0.253 e. The van der Waals surface area contributed by atoms with Crippen molar-refractivity contribution < 1.29 is 4.79 Å². The molecule has 0 radical (unpaired) electrons. The Kier molecular flexibility index (Phi) is 4.59. The van der Waals surface area contributed by atoms with Crippen LogP contribution in [0.3, 0.4) is 0 Å². The predicted molar refractivity (Wildman–Crippen MR) is 78.5 cm³/mol. The fourth-order valence-corrected chi connectivity index (χ4v) is 2.44. The molecule has 1 fully saturated rings. The number of nitrogens with zero attached hydrogens (tertiary/aromatic N) is 2. The molecule has 19 heavy (non-hydrogen) atoms. The third kappa shape index (κ3) is 3.57. The first-order chi connectivity index (χ1) is 9.08. The van der Waals surface area contributed by atoms with E-state index in [1.54, 1.807) is 0 Å². The van der Waals surface area contributed by atoms with E-state index in [4.69, 9.17) is 0 Å². The van der Waals surface area contributed by atoms with E-state index in [0.717, 1.165) is 38.2 Å². The highest BCUT2D eigenvalue weighted by atomic mass is 16.2. The second kappa shape index (κ2) is 6.20. The van der Waals surface area contributed by atoms with Crippen LogP contribution >= 0.6 is 0 Å². The molecule has 1 amide bonds. The van der Waals surface area contributed by atoms with E-state index in [1.165, 1.54) is 5.56 Å². The minimum atomic E-state index is 0.172. The average molecular weight is 260 g/mol. The molecule has 1 saturated heterocycles. The Morgan fingerprint density at radius 3 is 2.37 bits per heavy atom. The lowest BCUT2D eigenvalue weighted by Crippen LogP contribution is -2.34. The van der Waals surface area contributed by atoms with Crippen LogP contribution in [0.25, 0.3) is 0 Å². The normalized spacial score (nSPS) is 17.6. The first-order valence-electron chi connectivity index (χ1n) is 7.15. The zero-order valence-electron chi connectivity index (χ0n) is 12.2. The summed E-state index contributed by atoms with van der Waals surface area (Å²) in [5.41, 5.74) is 2.10. The Labute approximate surface area is 116 Å². The lowest BCUT2D eigenvalue weighted by molar-refractivity contribution is 0.0763. The Balaban J connectivity index is 2.06. The largest absolute Gasteiger partial charge is 0.337 e. The van der Waals surface area contributed by atoms with Crippen molar-refractivity contribution in [1.82, 2.24) is 9.80 Å². The number of hydrogen-bond donors (Lipinski definition) is 0. The molecule has 1 heterocycles. The van der Waals surface area contributed by atoms with E-state index in [0.29, 0.717) is 5.92 Å². The van der Waals surface area contributed by atoms with Gasteiger partial charge in [-0.15, -0.1) is 0 Å². The number of likely N-dealkylation sites (N-methyl/N-ethyl adjacent to an activating group) is 1. The van der Waals surface area contributed by atoms with E-state index >= 15 is 0 Å². The number of hydrogen-bond acceptors (Lipinski definition) is 2. The summed E-state index contributed by atoms with van der Waals surface area (Å²) in [6, 6.07) is 8.07. The molecule has 0 atom stereocenters. The summed E-state index contributed by atoms with van der Waals surface area (Å²) in [6.45, 7) is 8.09. The topological polar surface area (TPSA) is 23.6 Å². The van der Waals surface area contributed by atoms with E-state index < -0.39 is 0 Å². The average Bonchev–Trinajstić information content (AvgIpc) is 2.63. The Bertz CT molecular complexity index is 425. The molecule has 0 aliphatic carbocycles. The predicted octanol–water partition coefficient (Wildman–Crippen LogP) is 2.59.